The molecule has 0 unspecified atom stereocenters. The molecular weight excluding hydrogens is 237 g/mol. The van der Waals surface area contributed by atoms with Crippen LogP contribution in [-0.2, 0) is 0 Å². The van der Waals surface area contributed by atoms with E-state index in [2.05, 4.69) is 9.98 Å². The topological polar surface area (TPSA) is 123 Å². The number of aliphatic imine (C=N–C) groups is 2. The van der Waals surface area contributed by atoms with Gasteiger partial charge in [0.2, 0.25) is 5.96 Å². The van der Waals surface area contributed by atoms with Crippen molar-refractivity contribution >= 4 is 29.2 Å². The molecule has 16 heavy (non-hydrogen) atoms. The van der Waals surface area contributed by atoms with Crippen molar-refractivity contribution in [1.29, 1.82) is 0 Å². The van der Waals surface area contributed by atoms with Crippen molar-refractivity contribution in [3.63, 3.8) is 0 Å². The average molecular weight is 246 g/mol. The normalized spacial score (nSPS) is 11.2. The Morgan fingerprint density at radius 2 is 1.94 bits per heavy atom. The second kappa shape index (κ2) is 4.67. The number of guanidine groups is 2. The van der Waals surface area contributed by atoms with Crippen LogP contribution in [0.3, 0.4) is 0 Å². The molecule has 1 rings (SSSR count). The van der Waals surface area contributed by atoms with Crippen molar-refractivity contribution in [3.05, 3.63) is 23.0 Å². The number of hydrogen-bond acceptors (Lipinski definition) is 2. The van der Waals surface area contributed by atoms with Crippen molar-refractivity contribution in [2.24, 2.45) is 27.2 Å². The van der Waals surface area contributed by atoms with Crippen molar-refractivity contribution in [2.75, 3.05) is 0 Å². The van der Waals surface area contributed by atoms with Crippen LogP contribution in [0.15, 0.2) is 22.1 Å². The zero-order chi connectivity index (χ0) is 12.3. The highest BCUT2D eigenvalue weighted by Crippen LogP contribution is 2.31. The Bertz CT molecular complexity index is 470. The largest absolute Gasteiger partial charge is 0.506 e. The van der Waals surface area contributed by atoms with Gasteiger partial charge in [-0.1, -0.05) is 11.6 Å². The van der Waals surface area contributed by atoms with E-state index in [0.29, 0.717) is 0 Å². The molecule has 0 aliphatic carbocycles. The molecule has 0 amide bonds. The summed E-state index contributed by atoms with van der Waals surface area (Å²) in [5, 5.41) is 9.15. The Kier molecular flexibility index (Phi) is 3.51. The van der Waals surface area contributed by atoms with E-state index in [9.17, 15) is 9.50 Å². The fraction of sp³-hybridized carbons (Fsp3) is 0. The van der Waals surface area contributed by atoms with E-state index >= 15 is 0 Å². The van der Waals surface area contributed by atoms with Gasteiger partial charge < -0.3 is 22.3 Å². The Balaban J connectivity index is 3.15. The molecule has 8 heteroatoms. The molecular formula is C8H9ClFN5O. The SMILES string of the molecule is NC(N)=NC(N)=Nc1cc(F)c(Cl)cc1O. The molecule has 1 aromatic carbocycles. The van der Waals surface area contributed by atoms with E-state index in [-0.39, 0.29) is 28.4 Å². The summed E-state index contributed by atoms with van der Waals surface area (Å²) in [7, 11) is 0. The van der Waals surface area contributed by atoms with Crippen molar-refractivity contribution < 1.29 is 9.50 Å². The van der Waals surface area contributed by atoms with Crippen LogP contribution in [0.5, 0.6) is 5.75 Å². The summed E-state index contributed by atoms with van der Waals surface area (Å²) in [6.07, 6.45) is 0. The van der Waals surface area contributed by atoms with E-state index < -0.39 is 5.82 Å². The number of nitrogens with two attached hydrogens (primary N) is 3. The summed E-state index contributed by atoms with van der Waals surface area (Å²) in [6, 6.07) is 1.91. The van der Waals surface area contributed by atoms with Crippen LogP contribution in [0.1, 0.15) is 0 Å². The minimum absolute atomic E-state index is 0.121. The maximum Gasteiger partial charge on any atom is 0.223 e. The lowest BCUT2D eigenvalue weighted by Crippen LogP contribution is -2.26. The fourth-order valence-electron chi connectivity index (χ4n) is 0.896. The summed E-state index contributed by atoms with van der Waals surface area (Å²) in [5.74, 6) is -1.68. The number of phenolic OH excluding ortho intramolecular Hbond substituents is 1. The van der Waals surface area contributed by atoms with Crippen molar-refractivity contribution in [2.45, 2.75) is 0 Å². The number of aromatic hydroxyl groups is 1. The molecule has 0 aliphatic heterocycles. The molecule has 1 aromatic rings. The van der Waals surface area contributed by atoms with Gasteiger partial charge in [-0.25, -0.2) is 9.38 Å². The van der Waals surface area contributed by atoms with E-state index in [1.165, 1.54) is 0 Å². The molecule has 0 saturated heterocycles. The molecule has 0 spiro atoms. The minimum atomic E-state index is -0.740. The number of hydrogen-bond donors (Lipinski definition) is 4. The zero-order valence-electron chi connectivity index (χ0n) is 7.98. The van der Waals surface area contributed by atoms with Gasteiger partial charge >= 0.3 is 0 Å². The number of phenols is 1. The molecule has 0 aliphatic rings. The van der Waals surface area contributed by atoms with Gasteiger partial charge in [0.1, 0.15) is 17.3 Å². The van der Waals surface area contributed by atoms with Crippen LogP contribution < -0.4 is 17.2 Å². The predicted octanol–water partition coefficient (Wildman–Crippen LogP) is 0.404. The number of benzene rings is 1. The maximum absolute atomic E-state index is 13.0. The van der Waals surface area contributed by atoms with Crippen LogP contribution in [-0.4, -0.2) is 17.0 Å². The number of nitrogens with zero attached hydrogens (tertiary/aromatic N) is 2. The van der Waals surface area contributed by atoms with E-state index in [4.69, 9.17) is 28.8 Å². The Labute approximate surface area is 95.2 Å². The van der Waals surface area contributed by atoms with Crippen LogP contribution in [0.2, 0.25) is 5.02 Å². The fourth-order valence-corrected chi connectivity index (χ4v) is 1.05. The highest BCUT2D eigenvalue weighted by Gasteiger charge is 2.07. The van der Waals surface area contributed by atoms with E-state index in [1.54, 1.807) is 0 Å². The summed E-state index contributed by atoms with van der Waals surface area (Å²) in [4.78, 5) is 7.00. The third-order valence-electron chi connectivity index (χ3n) is 1.50. The molecule has 0 fully saturated rings. The standard InChI is InChI=1S/C8H9ClFN5O/c9-3-1-6(16)5(2-4(3)10)14-8(13)15-7(11)12/h1-2,16H,(H6,11,12,13,14,15). The first kappa shape index (κ1) is 12.1. The first-order valence-corrected chi connectivity index (χ1v) is 4.39. The van der Waals surface area contributed by atoms with Gasteiger partial charge in [-0.2, -0.15) is 4.99 Å². The van der Waals surface area contributed by atoms with Crippen molar-refractivity contribution in [3.8, 4) is 5.75 Å². The summed E-state index contributed by atoms with van der Waals surface area (Å²) in [6.45, 7) is 0. The molecule has 86 valence electrons. The maximum atomic E-state index is 13.0. The second-order valence-electron chi connectivity index (χ2n) is 2.76. The lowest BCUT2D eigenvalue weighted by molar-refractivity contribution is 0.475. The Morgan fingerprint density at radius 1 is 1.31 bits per heavy atom. The first-order valence-electron chi connectivity index (χ1n) is 4.02. The van der Waals surface area contributed by atoms with Gasteiger partial charge in [-0.05, 0) is 0 Å². The van der Waals surface area contributed by atoms with E-state index in [1.807, 2.05) is 0 Å². The molecule has 0 radical (unpaired) electrons. The first-order chi connectivity index (χ1) is 7.40. The zero-order valence-corrected chi connectivity index (χ0v) is 8.74. The molecule has 0 aromatic heterocycles. The lowest BCUT2D eigenvalue weighted by Gasteiger charge is -2.01. The summed E-state index contributed by atoms with van der Waals surface area (Å²) >= 11 is 5.42. The number of rotatable bonds is 1. The smallest absolute Gasteiger partial charge is 0.223 e. The summed E-state index contributed by atoms with van der Waals surface area (Å²) in [5.41, 5.74) is 15.3. The van der Waals surface area contributed by atoms with Crippen LogP contribution in [0.4, 0.5) is 10.1 Å². The van der Waals surface area contributed by atoms with Crippen molar-refractivity contribution in [1.82, 2.24) is 0 Å². The highest BCUT2D eigenvalue weighted by molar-refractivity contribution is 6.31. The highest BCUT2D eigenvalue weighted by atomic mass is 35.5. The number of halogens is 2. The van der Waals surface area contributed by atoms with E-state index in [0.717, 1.165) is 12.1 Å². The summed E-state index contributed by atoms with van der Waals surface area (Å²) < 4.78 is 13.0. The van der Waals surface area contributed by atoms with Gasteiger partial charge in [0.25, 0.3) is 0 Å². The monoisotopic (exact) mass is 245 g/mol. The van der Waals surface area contributed by atoms with Crippen LogP contribution in [0, 0.1) is 5.82 Å². The Hall–Kier alpha value is -2.02. The Morgan fingerprint density at radius 3 is 2.50 bits per heavy atom. The minimum Gasteiger partial charge on any atom is -0.506 e. The lowest BCUT2D eigenvalue weighted by atomic mass is 10.3. The van der Waals surface area contributed by atoms with Gasteiger partial charge in [0.05, 0.1) is 5.02 Å². The molecule has 7 N–H and O–H groups in total. The molecule has 0 bridgehead atoms. The second-order valence-corrected chi connectivity index (χ2v) is 3.17. The van der Waals surface area contributed by atoms with Crippen LogP contribution in [0.25, 0.3) is 0 Å². The average Bonchev–Trinajstić information content (AvgIpc) is 2.12. The predicted molar refractivity (Wildman–Crippen MR) is 60.2 cm³/mol. The van der Waals surface area contributed by atoms with Gasteiger partial charge in [0.15, 0.2) is 5.96 Å². The molecule has 0 atom stereocenters. The third kappa shape index (κ3) is 2.99. The van der Waals surface area contributed by atoms with Crippen LogP contribution >= 0.6 is 11.6 Å². The molecule has 0 heterocycles. The van der Waals surface area contributed by atoms with Gasteiger partial charge in [-0.3, -0.25) is 0 Å². The van der Waals surface area contributed by atoms with Gasteiger partial charge in [0, 0.05) is 12.1 Å². The third-order valence-corrected chi connectivity index (χ3v) is 1.79. The van der Waals surface area contributed by atoms with Gasteiger partial charge in [-0.15, -0.1) is 0 Å². The quantitative estimate of drug-likeness (QED) is 0.422. The molecule has 6 nitrogen and oxygen atoms in total. The molecule has 0 saturated carbocycles.